The van der Waals surface area contributed by atoms with Gasteiger partial charge in [0.05, 0.1) is 26.9 Å². The lowest BCUT2D eigenvalue weighted by Gasteiger charge is -2.11. The first-order valence-corrected chi connectivity index (χ1v) is 6.09. The van der Waals surface area contributed by atoms with E-state index in [0.29, 0.717) is 22.8 Å². The minimum absolute atomic E-state index is 0.514. The molecule has 0 unspecified atom stereocenters. The second-order valence-corrected chi connectivity index (χ2v) is 4.14. The third-order valence-corrected chi connectivity index (χ3v) is 3.07. The summed E-state index contributed by atoms with van der Waals surface area (Å²) in [7, 11) is 4.72. The van der Waals surface area contributed by atoms with E-state index in [1.54, 1.807) is 33.5 Å². The van der Waals surface area contributed by atoms with Crippen LogP contribution in [-0.4, -0.2) is 27.6 Å². The smallest absolute Gasteiger partial charge is 0.161 e. The Balaban J connectivity index is 2.48. The molecule has 0 saturated heterocycles. The third-order valence-electron chi connectivity index (χ3n) is 3.07. The van der Waals surface area contributed by atoms with E-state index in [1.165, 1.54) is 0 Å². The largest absolute Gasteiger partial charge is 0.496 e. The molecule has 0 atom stereocenters. The lowest BCUT2D eigenvalue weighted by molar-refractivity contribution is 0.112. The predicted octanol–water partition coefficient (Wildman–Crippen LogP) is 3.19. The van der Waals surface area contributed by atoms with Crippen molar-refractivity contribution in [1.29, 1.82) is 0 Å². The van der Waals surface area contributed by atoms with E-state index in [9.17, 15) is 4.79 Å². The van der Waals surface area contributed by atoms with Crippen LogP contribution >= 0.6 is 0 Å². The van der Waals surface area contributed by atoms with Crippen molar-refractivity contribution in [2.24, 2.45) is 0 Å². The Hall–Kier alpha value is -2.49. The molecule has 0 bridgehead atoms. The fraction of sp³-hybridized carbons (Fsp3) is 0.188. The number of ether oxygens (including phenoxy) is 3. The van der Waals surface area contributed by atoms with Crippen LogP contribution in [0.1, 0.15) is 10.4 Å². The molecule has 104 valence electrons. The number of benzene rings is 2. The first kappa shape index (κ1) is 13.9. The van der Waals surface area contributed by atoms with Crippen LogP contribution in [0.4, 0.5) is 0 Å². The molecule has 0 spiro atoms. The van der Waals surface area contributed by atoms with Crippen molar-refractivity contribution < 1.29 is 19.0 Å². The van der Waals surface area contributed by atoms with Crippen molar-refractivity contribution in [2.75, 3.05) is 21.3 Å². The molecular weight excluding hydrogens is 256 g/mol. The summed E-state index contributed by atoms with van der Waals surface area (Å²) >= 11 is 0. The van der Waals surface area contributed by atoms with Gasteiger partial charge in [-0.1, -0.05) is 12.1 Å². The fourth-order valence-electron chi connectivity index (χ4n) is 2.02. The van der Waals surface area contributed by atoms with Gasteiger partial charge >= 0.3 is 0 Å². The molecule has 0 fully saturated rings. The fourth-order valence-corrected chi connectivity index (χ4v) is 2.02. The molecule has 4 heteroatoms. The Morgan fingerprint density at radius 2 is 1.30 bits per heavy atom. The number of hydrogen-bond donors (Lipinski definition) is 0. The molecule has 0 aliphatic carbocycles. The van der Waals surface area contributed by atoms with Crippen molar-refractivity contribution in [2.45, 2.75) is 0 Å². The van der Waals surface area contributed by atoms with Gasteiger partial charge in [0.2, 0.25) is 0 Å². The van der Waals surface area contributed by atoms with E-state index < -0.39 is 0 Å². The molecule has 0 amide bonds. The lowest BCUT2D eigenvalue weighted by Crippen LogP contribution is -1.93. The molecule has 2 rings (SSSR count). The summed E-state index contributed by atoms with van der Waals surface area (Å²) in [4.78, 5) is 11.1. The number of aldehydes is 1. The lowest BCUT2D eigenvalue weighted by atomic mass is 10.0. The second kappa shape index (κ2) is 6.10. The van der Waals surface area contributed by atoms with Gasteiger partial charge < -0.3 is 14.2 Å². The monoisotopic (exact) mass is 272 g/mol. The Morgan fingerprint density at radius 1 is 0.750 bits per heavy atom. The van der Waals surface area contributed by atoms with E-state index >= 15 is 0 Å². The second-order valence-electron chi connectivity index (χ2n) is 4.14. The maximum absolute atomic E-state index is 11.1. The van der Waals surface area contributed by atoms with Crippen molar-refractivity contribution in [3.63, 3.8) is 0 Å². The number of rotatable bonds is 5. The van der Waals surface area contributed by atoms with Crippen LogP contribution < -0.4 is 14.2 Å². The van der Waals surface area contributed by atoms with Gasteiger partial charge in [-0.05, 0) is 35.4 Å². The zero-order valence-corrected chi connectivity index (χ0v) is 11.7. The number of hydrogen-bond acceptors (Lipinski definition) is 4. The summed E-state index contributed by atoms with van der Waals surface area (Å²) in [5.74, 6) is 1.87. The van der Waals surface area contributed by atoms with Gasteiger partial charge in [0.15, 0.2) is 17.8 Å². The molecule has 0 saturated carbocycles. The van der Waals surface area contributed by atoms with Crippen molar-refractivity contribution in [1.82, 2.24) is 0 Å². The molecule has 0 radical (unpaired) electrons. The Kier molecular flexibility index (Phi) is 4.25. The zero-order chi connectivity index (χ0) is 14.5. The van der Waals surface area contributed by atoms with E-state index in [4.69, 9.17) is 14.2 Å². The molecule has 0 aliphatic rings. The van der Waals surface area contributed by atoms with Gasteiger partial charge in [0.1, 0.15) is 5.75 Å². The van der Waals surface area contributed by atoms with Crippen LogP contribution in [0, 0.1) is 0 Å². The third kappa shape index (κ3) is 2.59. The number of methoxy groups -OCH3 is 3. The van der Waals surface area contributed by atoms with E-state index in [0.717, 1.165) is 17.4 Å². The Labute approximate surface area is 117 Å². The first-order valence-electron chi connectivity index (χ1n) is 6.09. The minimum Gasteiger partial charge on any atom is -0.496 e. The molecule has 2 aromatic rings. The van der Waals surface area contributed by atoms with E-state index in [2.05, 4.69) is 0 Å². The van der Waals surface area contributed by atoms with Crippen LogP contribution in [0.5, 0.6) is 17.2 Å². The molecular formula is C16H16O4. The highest BCUT2D eigenvalue weighted by molar-refractivity contribution is 5.83. The average Bonchev–Trinajstić information content (AvgIpc) is 2.53. The molecule has 4 nitrogen and oxygen atoms in total. The molecule has 0 aliphatic heterocycles. The summed E-state index contributed by atoms with van der Waals surface area (Å²) in [6.07, 6.45) is 0.781. The minimum atomic E-state index is 0.514. The Bertz CT molecular complexity index is 620. The van der Waals surface area contributed by atoms with Crippen LogP contribution in [0.2, 0.25) is 0 Å². The maximum atomic E-state index is 11.1. The standard InChI is InChI=1S/C16H16O4/c1-18-14-6-4-11(8-13(14)10-17)12-5-7-15(19-2)16(9-12)20-3/h4-10H,1-3H3. The zero-order valence-electron chi connectivity index (χ0n) is 11.7. The van der Waals surface area contributed by atoms with Gasteiger partial charge in [0.25, 0.3) is 0 Å². The average molecular weight is 272 g/mol. The SMILES string of the molecule is COc1ccc(-c2ccc(OC)c(OC)c2)cc1C=O. The maximum Gasteiger partial charge on any atom is 0.161 e. The normalized spacial score (nSPS) is 9.95. The molecule has 0 heterocycles. The van der Waals surface area contributed by atoms with E-state index in [-0.39, 0.29) is 0 Å². The summed E-state index contributed by atoms with van der Waals surface area (Å²) in [5.41, 5.74) is 2.36. The van der Waals surface area contributed by atoms with Gasteiger partial charge in [-0.2, -0.15) is 0 Å². The van der Waals surface area contributed by atoms with Crippen molar-refractivity contribution >= 4 is 6.29 Å². The highest BCUT2D eigenvalue weighted by Crippen LogP contribution is 2.33. The predicted molar refractivity (Wildman–Crippen MR) is 76.9 cm³/mol. The van der Waals surface area contributed by atoms with E-state index in [1.807, 2.05) is 24.3 Å². The first-order chi connectivity index (χ1) is 9.73. The highest BCUT2D eigenvalue weighted by atomic mass is 16.5. The Morgan fingerprint density at radius 3 is 1.85 bits per heavy atom. The van der Waals surface area contributed by atoms with Crippen LogP contribution in [0.25, 0.3) is 11.1 Å². The number of carbonyl (C=O) groups is 1. The van der Waals surface area contributed by atoms with Gasteiger partial charge in [-0.25, -0.2) is 0 Å². The molecule has 0 aromatic heterocycles. The topological polar surface area (TPSA) is 44.8 Å². The van der Waals surface area contributed by atoms with Crippen molar-refractivity contribution in [3.05, 3.63) is 42.0 Å². The summed E-state index contributed by atoms with van der Waals surface area (Å²) in [6, 6.07) is 11.1. The summed E-state index contributed by atoms with van der Waals surface area (Å²) < 4.78 is 15.6. The highest BCUT2D eigenvalue weighted by Gasteiger charge is 2.08. The van der Waals surface area contributed by atoms with Crippen molar-refractivity contribution in [3.8, 4) is 28.4 Å². The van der Waals surface area contributed by atoms with Crippen LogP contribution in [0.3, 0.4) is 0 Å². The summed E-state index contributed by atoms with van der Waals surface area (Å²) in [5, 5.41) is 0. The number of carbonyl (C=O) groups excluding carboxylic acids is 1. The quantitative estimate of drug-likeness (QED) is 0.784. The summed E-state index contributed by atoms with van der Waals surface area (Å²) in [6.45, 7) is 0. The molecule has 0 N–H and O–H groups in total. The van der Waals surface area contributed by atoms with Crippen LogP contribution in [-0.2, 0) is 0 Å². The molecule has 2 aromatic carbocycles. The van der Waals surface area contributed by atoms with Gasteiger partial charge in [0, 0.05) is 0 Å². The van der Waals surface area contributed by atoms with Gasteiger partial charge in [-0.15, -0.1) is 0 Å². The molecule has 20 heavy (non-hydrogen) atoms. The van der Waals surface area contributed by atoms with Gasteiger partial charge in [-0.3, -0.25) is 4.79 Å². The van der Waals surface area contributed by atoms with Crippen LogP contribution in [0.15, 0.2) is 36.4 Å².